The van der Waals surface area contributed by atoms with Gasteiger partial charge in [-0.1, -0.05) is 23.5 Å². The molecule has 0 fully saturated rings. The predicted molar refractivity (Wildman–Crippen MR) is 62.7 cm³/mol. The molecule has 0 aliphatic heterocycles. The molecule has 2 aromatic rings. The number of hydrogen-bond donors (Lipinski definition) is 2. The standard InChI is InChI=1S/C9H7N3OS2/c13-7-3-1-2-6(4-7)5-10-8-11-12-9(14)15-8/h1-5,13H,(H,12,14). The van der Waals surface area contributed by atoms with E-state index in [0.717, 1.165) is 5.56 Å². The molecular formula is C9H7N3OS2. The first kappa shape index (κ1) is 10.0. The smallest absolute Gasteiger partial charge is 0.230 e. The van der Waals surface area contributed by atoms with E-state index < -0.39 is 0 Å². The Kier molecular flexibility index (Phi) is 2.89. The molecule has 1 aromatic heterocycles. The second kappa shape index (κ2) is 4.33. The van der Waals surface area contributed by atoms with Gasteiger partial charge in [0.15, 0.2) is 3.95 Å². The number of phenols is 1. The fourth-order valence-electron chi connectivity index (χ4n) is 1.01. The lowest BCUT2D eigenvalue weighted by Crippen LogP contribution is -1.78. The number of nitrogens with zero attached hydrogens (tertiary/aromatic N) is 2. The fraction of sp³-hybridized carbons (Fsp3) is 0. The quantitative estimate of drug-likeness (QED) is 0.623. The monoisotopic (exact) mass is 237 g/mol. The molecule has 2 rings (SSSR count). The first-order valence-corrected chi connectivity index (χ1v) is 5.35. The molecule has 4 nitrogen and oxygen atoms in total. The zero-order valence-corrected chi connectivity index (χ0v) is 9.18. The molecule has 0 aliphatic rings. The highest BCUT2D eigenvalue weighted by Gasteiger charge is 1.93. The first-order valence-electron chi connectivity index (χ1n) is 4.13. The Balaban J connectivity index is 2.21. The minimum atomic E-state index is 0.216. The molecule has 1 aromatic carbocycles. The van der Waals surface area contributed by atoms with Crippen LogP contribution in [0.1, 0.15) is 5.56 Å². The van der Waals surface area contributed by atoms with Crippen LogP contribution < -0.4 is 0 Å². The van der Waals surface area contributed by atoms with E-state index in [9.17, 15) is 5.11 Å². The van der Waals surface area contributed by atoms with Crippen LogP contribution in [-0.4, -0.2) is 21.5 Å². The molecule has 0 spiro atoms. The lowest BCUT2D eigenvalue weighted by molar-refractivity contribution is 0.475. The van der Waals surface area contributed by atoms with E-state index in [1.54, 1.807) is 24.4 Å². The summed E-state index contributed by atoms with van der Waals surface area (Å²) >= 11 is 6.17. The van der Waals surface area contributed by atoms with Gasteiger partial charge in [-0.2, -0.15) is 0 Å². The molecule has 0 radical (unpaired) electrons. The molecule has 15 heavy (non-hydrogen) atoms. The number of phenolic OH excluding ortho intramolecular Hbond substituents is 1. The summed E-state index contributed by atoms with van der Waals surface area (Å²) in [4.78, 5) is 4.11. The van der Waals surface area contributed by atoms with Crippen molar-refractivity contribution in [1.82, 2.24) is 10.2 Å². The summed E-state index contributed by atoms with van der Waals surface area (Å²) < 4.78 is 0.595. The third-order valence-electron chi connectivity index (χ3n) is 1.62. The van der Waals surface area contributed by atoms with Gasteiger partial charge in [0.25, 0.3) is 0 Å². The van der Waals surface area contributed by atoms with Gasteiger partial charge < -0.3 is 5.11 Å². The largest absolute Gasteiger partial charge is 0.508 e. The predicted octanol–water partition coefficient (Wildman–Crippen LogP) is 2.66. The molecule has 0 saturated carbocycles. The van der Waals surface area contributed by atoms with Crippen LogP contribution in [0.5, 0.6) is 5.75 Å². The number of aromatic nitrogens is 2. The van der Waals surface area contributed by atoms with Crippen molar-refractivity contribution in [2.45, 2.75) is 0 Å². The Morgan fingerprint density at radius 2 is 2.40 bits per heavy atom. The van der Waals surface area contributed by atoms with Gasteiger partial charge in [-0.3, -0.25) is 5.10 Å². The van der Waals surface area contributed by atoms with E-state index in [1.165, 1.54) is 11.3 Å². The maximum absolute atomic E-state index is 9.22. The summed E-state index contributed by atoms with van der Waals surface area (Å²) in [5.74, 6) is 0.216. The maximum Gasteiger partial charge on any atom is 0.230 e. The van der Waals surface area contributed by atoms with E-state index in [1.807, 2.05) is 6.07 Å². The van der Waals surface area contributed by atoms with Gasteiger partial charge in [-0.05, 0) is 29.9 Å². The first-order chi connectivity index (χ1) is 7.24. The van der Waals surface area contributed by atoms with Gasteiger partial charge in [0.2, 0.25) is 5.13 Å². The summed E-state index contributed by atoms with van der Waals surface area (Å²) in [5, 5.41) is 16.3. The van der Waals surface area contributed by atoms with Gasteiger partial charge in [-0.15, -0.1) is 5.10 Å². The van der Waals surface area contributed by atoms with Gasteiger partial charge >= 0.3 is 0 Å². The lowest BCUT2D eigenvalue weighted by atomic mass is 10.2. The summed E-state index contributed by atoms with van der Waals surface area (Å²) in [7, 11) is 0. The topological polar surface area (TPSA) is 61.3 Å². The Labute approximate surface area is 94.9 Å². The molecule has 6 heteroatoms. The molecule has 0 unspecified atom stereocenters. The molecule has 0 atom stereocenters. The second-order valence-corrected chi connectivity index (χ2v) is 4.39. The number of rotatable bonds is 2. The molecule has 0 bridgehead atoms. The number of aromatic amines is 1. The van der Waals surface area contributed by atoms with Crippen LogP contribution in [-0.2, 0) is 0 Å². The Bertz CT molecular complexity index is 544. The van der Waals surface area contributed by atoms with Gasteiger partial charge in [-0.25, -0.2) is 4.99 Å². The molecule has 2 N–H and O–H groups in total. The van der Waals surface area contributed by atoms with Crippen molar-refractivity contribution in [3.63, 3.8) is 0 Å². The highest BCUT2D eigenvalue weighted by atomic mass is 32.1. The minimum absolute atomic E-state index is 0.216. The highest BCUT2D eigenvalue weighted by molar-refractivity contribution is 7.73. The van der Waals surface area contributed by atoms with Gasteiger partial charge in [0.05, 0.1) is 0 Å². The van der Waals surface area contributed by atoms with Crippen LogP contribution in [0.25, 0.3) is 0 Å². The lowest BCUT2D eigenvalue weighted by Gasteiger charge is -1.92. The van der Waals surface area contributed by atoms with Crippen molar-refractivity contribution in [2.75, 3.05) is 0 Å². The number of nitrogens with one attached hydrogen (secondary N) is 1. The van der Waals surface area contributed by atoms with Crippen molar-refractivity contribution in [3.8, 4) is 5.75 Å². The third-order valence-corrected chi connectivity index (χ3v) is 2.62. The number of aliphatic imine (C=N–C) groups is 1. The van der Waals surface area contributed by atoms with Gasteiger partial charge in [0.1, 0.15) is 5.75 Å². The Morgan fingerprint density at radius 1 is 1.53 bits per heavy atom. The third kappa shape index (κ3) is 2.71. The van der Waals surface area contributed by atoms with Crippen molar-refractivity contribution < 1.29 is 5.11 Å². The van der Waals surface area contributed by atoms with Crippen LogP contribution in [0.2, 0.25) is 0 Å². The molecule has 0 amide bonds. The van der Waals surface area contributed by atoms with Crippen LogP contribution in [0.3, 0.4) is 0 Å². The fourth-order valence-corrected chi connectivity index (χ4v) is 1.74. The van der Waals surface area contributed by atoms with Crippen LogP contribution >= 0.6 is 23.6 Å². The van der Waals surface area contributed by atoms with Crippen LogP contribution in [0.4, 0.5) is 5.13 Å². The summed E-state index contributed by atoms with van der Waals surface area (Å²) in [5.41, 5.74) is 0.816. The van der Waals surface area contributed by atoms with Crippen LogP contribution in [0, 0.1) is 3.95 Å². The van der Waals surface area contributed by atoms with Crippen molar-refractivity contribution in [3.05, 3.63) is 33.8 Å². The Hall–Kier alpha value is -1.53. The van der Waals surface area contributed by atoms with E-state index in [2.05, 4.69) is 15.2 Å². The van der Waals surface area contributed by atoms with Crippen molar-refractivity contribution in [1.29, 1.82) is 0 Å². The Morgan fingerprint density at radius 3 is 3.07 bits per heavy atom. The van der Waals surface area contributed by atoms with Crippen LogP contribution in [0.15, 0.2) is 29.3 Å². The number of hydrogen-bond acceptors (Lipinski definition) is 5. The average Bonchev–Trinajstić information content (AvgIpc) is 2.62. The molecule has 0 saturated heterocycles. The SMILES string of the molecule is Oc1cccc(C=Nc2n[nH]c(=S)s2)c1. The summed E-state index contributed by atoms with van der Waals surface area (Å²) in [6.45, 7) is 0. The highest BCUT2D eigenvalue weighted by Crippen LogP contribution is 2.15. The zero-order chi connectivity index (χ0) is 10.7. The average molecular weight is 237 g/mol. The van der Waals surface area contributed by atoms with Crippen molar-refractivity contribution in [2.24, 2.45) is 4.99 Å². The number of aromatic hydroxyl groups is 1. The molecule has 1 heterocycles. The second-order valence-electron chi connectivity index (χ2n) is 2.75. The normalized spacial score (nSPS) is 10.9. The molecule has 0 aliphatic carbocycles. The van der Waals surface area contributed by atoms with E-state index in [-0.39, 0.29) is 5.75 Å². The molecule has 76 valence electrons. The summed E-state index contributed by atoms with van der Waals surface area (Å²) in [6.07, 6.45) is 1.63. The minimum Gasteiger partial charge on any atom is -0.508 e. The van der Waals surface area contributed by atoms with E-state index in [0.29, 0.717) is 9.09 Å². The van der Waals surface area contributed by atoms with E-state index in [4.69, 9.17) is 12.2 Å². The maximum atomic E-state index is 9.22. The summed E-state index contributed by atoms with van der Waals surface area (Å²) in [6, 6.07) is 6.82. The van der Waals surface area contributed by atoms with Crippen molar-refractivity contribution >= 4 is 34.9 Å². The number of benzene rings is 1. The van der Waals surface area contributed by atoms with E-state index >= 15 is 0 Å². The zero-order valence-electron chi connectivity index (χ0n) is 7.54. The number of H-pyrrole nitrogens is 1. The molecular weight excluding hydrogens is 230 g/mol. The van der Waals surface area contributed by atoms with Gasteiger partial charge in [0, 0.05) is 6.21 Å².